The summed E-state index contributed by atoms with van der Waals surface area (Å²) in [6, 6.07) is 7.66. The van der Waals surface area contributed by atoms with Crippen molar-refractivity contribution in [3.8, 4) is 0 Å². The number of esters is 1. The van der Waals surface area contributed by atoms with E-state index in [0.717, 1.165) is 9.37 Å². The average Bonchev–Trinajstić information content (AvgIpc) is 2.27. The molecule has 0 heterocycles. The predicted octanol–water partition coefficient (Wildman–Crippen LogP) is 2.47. The molecule has 16 heavy (non-hydrogen) atoms. The first kappa shape index (κ1) is 13.5. The van der Waals surface area contributed by atoms with E-state index in [1.165, 1.54) is 25.8 Å². The SMILES string of the molecule is COC(=O)[C@@](C)(O)CSc1ccc(Br)cc1. The summed E-state index contributed by atoms with van der Waals surface area (Å²) in [6.07, 6.45) is 0. The van der Waals surface area contributed by atoms with Gasteiger partial charge in [0.1, 0.15) is 0 Å². The Labute approximate surface area is 107 Å². The van der Waals surface area contributed by atoms with Gasteiger partial charge in [-0.1, -0.05) is 15.9 Å². The smallest absolute Gasteiger partial charge is 0.338 e. The molecule has 0 aliphatic carbocycles. The van der Waals surface area contributed by atoms with Crippen molar-refractivity contribution in [1.29, 1.82) is 0 Å². The molecule has 0 amide bonds. The van der Waals surface area contributed by atoms with Crippen LogP contribution in [0.25, 0.3) is 0 Å². The molecule has 0 unspecified atom stereocenters. The summed E-state index contributed by atoms with van der Waals surface area (Å²) < 4.78 is 5.51. The van der Waals surface area contributed by atoms with Crippen LogP contribution < -0.4 is 0 Å². The van der Waals surface area contributed by atoms with Gasteiger partial charge in [0.05, 0.1) is 7.11 Å². The van der Waals surface area contributed by atoms with Gasteiger partial charge in [-0.3, -0.25) is 0 Å². The number of rotatable bonds is 4. The Kier molecular flexibility index (Phi) is 4.83. The molecule has 1 atom stereocenters. The minimum atomic E-state index is -1.45. The second kappa shape index (κ2) is 5.70. The largest absolute Gasteiger partial charge is 0.467 e. The van der Waals surface area contributed by atoms with E-state index in [9.17, 15) is 9.90 Å². The van der Waals surface area contributed by atoms with Gasteiger partial charge < -0.3 is 9.84 Å². The van der Waals surface area contributed by atoms with Gasteiger partial charge in [-0.15, -0.1) is 11.8 Å². The van der Waals surface area contributed by atoms with E-state index in [1.54, 1.807) is 0 Å². The van der Waals surface area contributed by atoms with Crippen molar-refractivity contribution >= 4 is 33.7 Å². The number of ether oxygens (including phenoxy) is 1. The molecule has 1 rings (SSSR count). The highest BCUT2D eigenvalue weighted by molar-refractivity contribution is 9.10. The number of aliphatic hydroxyl groups is 1. The molecule has 0 saturated carbocycles. The number of thioether (sulfide) groups is 1. The number of carbonyl (C=O) groups excluding carboxylic acids is 1. The molecule has 0 fully saturated rings. The number of benzene rings is 1. The van der Waals surface area contributed by atoms with E-state index in [0.29, 0.717) is 0 Å². The van der Waals surface area contributed by atoms with Crippen LogP contribution in [-0.2, 0) is 9.53 Å². The summed E-state index contributed by atoms with van der Waals surface area (Å²) in [5.74, 6) is -0.349. The fourth-order valence-corrected chi connectivity index (χ4v) is 2.19. The monoisotopic (exact) mass is 304 g/mol. The van der Waals surface area contributed by atoms with Crippen LogP contribution >= 0.6 is 27.7 Å². The maximum Gasteiger partial charge on any atom is 0.338 e. The van der Waals surface area contributed by atoms with Crippen molar-refractivity contribution in [3.63, 3.8) is 0 Å². The zero-order chi connectivity index (χ0) is 12.2. The third-order valence-corrected chi connectivity index (χ3v) is 3.80. The predicted molar refractivity (Wildman–Crippen MR) is 67.5 cm³/mol. The van der Waals surface area contributed by atoms with Crippen LogP contribution in [0.5, 0.6) is 0 Å². The summed E-state index contributed by atoms with van der Waals surface area (Å²) in [5.41, 5.74) is -1.45. The molecule has 0 aliphatic rings. The van der Waals surface area contributed by atoms with Gasteiger partial charge in [0, 0.05) is 15.1 Å². The van der Waals surface area contributed by atoms with Gasteiger partial charge in [0.15, 0.2) is 5.60 Å². The first-order valence-electron chi connectivity index (χ1n) is 4.65. The minimum Gasteiger partial charge on any atom is -0.467 e. The van der Waals surface area contributed by atoms with Crippen molar-refractivity contribution in [1.82, 2.24) is 0 Å². The van der Waals surface area contributed by atoms with Crippen LogP contribution in [0.1, 0.15) is 6.92 Å². The number of halogens is 1. The van der Waals surface area contributed by atoms with Crippen LogP contribution in [0.3, 0.4) is 0 Å². The lowest BCUT2D eigenvalue weighted by Crippen LogP contribution is -2.38. The molecule has 5 heteroatoms. The Balaban J connectivity index is 2.57. The van der Waals surface area contributed by atoms with Crippen LogP contribution in [0.15, 0.2) is 33.6 Å². The topological polar surface area (TPSA) is 46.5 Å². The molecular weight excluding hydrogens is 292 g/mol. The van der Waals surface area contributed by atoms with Gasteiger partial charge in [-0.25, -0.2) is 4.79 Å². The van der Waals surface area contributed by atoms with Crippen molar-refractivity contribution in [2.45, 2.75) is 17.4 Å². The van der Waals surface area contributed by atoms with E-state index >= 15 is 0 Å². The van der Waals surface area contributed by atoms with Crippen molar-refractivity contribution in [2.75, 3.05) is 12.9 Å². The third-order valence-electron chi connectivity index (χ3n) is 1.96. The molecule has 3 nitrogen and oxygen atoms in total. The number of carbonyl (C=O) groups is 1. The fourth-order valence-electron chi connectivity index (χ4n) is 1.03. The standard InChI is InChI=1S/C11H13BrO3S/c1-11(14,10(13)15-2)7-16-9-5-3-8(12)4-6-9/h3-6,14H,7H2,1-2H3/t11-/m0/s1. The Morgan fingerprint density at radius 3 is 2.56 bits per heavy atom. The zero-order valence-electron chi connectivity index (χ0n) is 9.07. The van der Waals surface area contributed by atoms with Crippen LogP contribution in [0, 0.1) is 0 Å². The molecule has 0 aromatic heterocycles. The quantitative estimate of drug-likeness (QED) is 0.686. The molecule has 1 N–H and O–H groups in total. The molecule has 88 valence electrons. The third kappa shape index (κ3) is 3.81. The highest BCUT2D eigenvalue weighted by Gasteiger charge is 2.31. The maximum atomic E-state index is 11.2. The van der Waals surface area contributed by atoms with E-state index in [2.05, 4.69) is 20.7 Å². The first-order valence-corrected chi connectivity index (χ1v) is 6.43. The van der Waals surface area contributed by atoms with Crippen molar-refractivity contribution in [2.24, 2.45) is 0 Å². The fraction of sp³-hybridized carbons (Fsp3) is 0.364. The van der Waals surface area contributed by atoms with E-state index in [1.807, 2.05) is 24.3 Å². The molecule has 0 spiro atoms. The Hall–Kier alpha value is -0.520. The van der Waals surface area contributed by atoms with Gasteiger partial charge in [0.2, 0.25) is 0 Å². The van der Waals surface area contributed by atoms with Crippen LogP contribution in [0.4, 0.5) is 0 Å². The Morgan fingerprint density at radius 1 is 1.50 bits per heavy atom. The normalized spacial score (nSPS) is 14.2. The van der Waals surface area contributed by atoms with E-state index in [-0.39, 0.29) is 5.75 Å². The number of methoxy groups -OCH3 is 1. The molecule has 1 aromatic carbocycles. The average molecular weight is 305 g/mol. The summed E-state index contributed by atoms with van der Waals surface area (Å²) in [5, 5.41) is 9.79. The lowest BCUT2D eigenvalue weighted by molar-refractivity contribution is -0.158. The first-order chi connectivity index (χ1) is 7.45. The number of hydrogen-bond donors (Lipinski definition) is 1. The highest BCUT2D eigenvalue weighted by atomic mass is 79.9. The van der Waals surface area contributed by atoms with Crippen molar-refractivity contribution in [3.05, 3.63) is 28.7 Å². The summed E-state index contributed by atoms with van der Waals surface area (Å²) in [7, 11) is 1.26. The van der Waals surface area contributed by atoms with Crippen LogP contribution in [-0.4, -0.2) is 29.5 Å². The lowest BCUT2D eigenvalue weighted by Gasteiger charge is -2.19. The van der Waals surface area contributed by atoms with Gasteiger partial charge in [-0.2, -0.15) is 0 Å². The molecule has 0 aliphatic heterocycles. The van der Waals surface area contributed by atoms with E-state index < -0.39 is 11.6 Å². The van der Waals surface area contributed by atoms with Gasteiger partial charge in [-0.05, 0) is 31.2 Å². The highest BCUT2D eigenvalue weighted by Crippen LogP contribution is 2.24. The summed E-state index contributed by atoms with van der Waals surface area (Å²) in [6.45, 7) is 1.45. The summed E-state index contributed by atoms with van der Waals surface area (Å²) >= 11 is 4.75. The van der Waals surface area contributed by atoms with Crippen molar-refractivity contribution < 1.29 is 14.6 Å². The Morgan fingerprint density at radius 2 is 2.06 bits per heavy atom. The Bertz CT molecular complexity index is 362. The number of hydrogen-bond acceptors (Lipinski definition) is 4. The lowest BCUT2D eigenvalue weighted by atomic mass is 10.1. The molecule has 1 aromatic rings. The zero-order valence-corrected chi connectivity index (χ0v) is 11.5. The van der Waals surface area contributed by atoms with E-state index in [4.69, 9.17) is 0 Å². The molecule has 0 bridgehead atoms. The maximum absolute atomic E-state index is 11.2. The molecule has 0 radical (unpaired) electrons. The van der Waals surface area contributed by atoms with Gasteiger partial charge >= 0.3 is 5.97 Å². The molecular formula is C11H13BrO3S. The second-order valence-corrected chi connectivity index (χ2v) is 5.47. The second-order valence-electron chi connectivity index (χ2n) is 3.51. The van der Waals surface area contributed by atoms with Gasteiger partial charge in [0.25, 0.3) is 0 Å². The summed E-state index contributed by atoms with van der Waals surface area (Å²) in [4.78, 5) is 12.2. The van der Waals surface area contributed by atoms with Crippen LogP contribution in [0.2, 0.25) is 0 Å². The molecule has 0 saturated heterocycles. The minimum absolute atomic E-state index is 0.265.